The van der Waals surface area contributed by atoms with Crippen LogP contribution < -0.4 is 4.74 Å². The maximum atomic E-state index is 13.2. The highest BCUT2D eigenvalue weighted by Crippen LogP contribution is 2.27. The Kier molecular flexibility index (Phi) is 4.08. The highest BCUT2D eigenvalue weighted by molar-refractivity contribution is 5.83. The fourth-order valence-corrected chi connectivity index (χ4v) is 1.27. The Morgan fingerprint density at radius 1 is 1.47 bits per heavy atom. The molecule has 92 valence electrons. The van der Waals surface area contributed by atoms with E-state index < -0.39 is 36.1 Å². The number of carboxylic acid groups (broad SMARTS) is 1. The van der Waals surface area contributed by atoms with E-state index in [2.05, 4.69) is 4.74 Å². The first kappa shape index (κ1) is 13.0. The number of rotatable bonds is 5. The van der Waals surface area contributed by atoms with Gasteiger partial charge in [0, 0.05) is 11.1 Å². The largest absolute Gasteiger partial charge is 0.481 e. The molecule has 0 saturated carbocycles. The molecule has 0 spiro atoms. The lowest BCUT2D eigenvalue weighted by Gasteiger charge is -2.12. The van der Waals surface area contributed by atoms with E-state index in [0.717, 1.165) is 12.1 Å². The molecule has 1 N–H and O–H groups in total. The zero-order chi connectivity index (χ0) is 13.0. The van der Waals surface area contributed by atoms with Crippen molar-refractivity contribution in [3.63, 3.8) is 0 Å². The second kappa shape index (κ2) is 5.33. The summed E-state index contributed by atoms with van der Waals surface area (Å²) >= 11 is 0. The van der Waals surface area contributed by atoms with Crippen LogP contribution in [0.3, 0.4) is 0 Å². The highest BCUT2D eigenvalue weighted by Gasteiger charge is 2.20. The van der Waals surface area contributed by atoms with Crippen molar-refractivity contribution in [2.45, 2.75) is 13.0 Å². The quantitative estimate of drug-likeness (QED) is 0.808. The SMILES string of the molecule is O=Cc1ccc(F)c(OC(F)F)c1CC(=O)O. The van der Waals surface area contributed by atoms with Crippen molar-refractivity contribution in [3.8, 4) is 5.75 Å². The fraction of sp³-hybridized carbons (Fsp3) is 0.200. The first-order valence-electron chi connectivity index (χ1n) is 4.39. The summed E-state index contributed by atoms with van der Waals surface area (Å²) in [7, 11) is 0. The van der Waals surface area contributed by atoms with Crippen molar-refractivity contribution in [2.24, 2.45) is 0 Å². The van der Waals surface area contributed by atoms with Crippen LogP contribution >= 0.6 is 0 Å². The minimum Gasteiger partial charge on any atom is -0.481 e. The molecule has 0 bridgehead atoms. The van der Waals surface area contributed by atoms with Gasteiger partial charge in [0.1, 0.15) is 6.29 Å². The molecule has 1 aromatic rings. The molecule has 1 rings (SSSR count). The fourth-order valence-electron chi connectivity index (χ4n) is 1.27. The van der Waals surface area contributed by atoms with E-state index in [-0.39, 0.29) is 11.8 Å². The van der Waals surface area contributed by atoms with Gasteiger partial charge < -0.3 is 9.84 Å². The smallest absolute Gasteiger partial charge is 0.387 e. The van der Waals surface area contributed by atoms with Crippen LogP contribution in [0.15, 0.2) is 12.1 Å². The predicted molar refractivity (Wildman–Crippen MR) is 49.8 cm³/mol. The van der Waals surface area contributed by atoms with Gasteiger partial charge in [-0.25, -0.2) is 4.39 Å². The Labute approximate surface area is 93.6 Å². The summed E-state index contributed by atoms with van der Waals surface area (Å²) in [6.45, 7) is -3.31. The van der Waals surface area contributed by atoms with E-state index in [1.807, 2.05) is 0 Å². The summed E-state index contributed by atoms with van der Waals surface area (Å²) in [6.07, 6.45) is -0.538. The monoisotopic (exact) mass is 248 g/mol. The van der Waals surface area contributed by atoms with Crippen LogP contribution in [0.2, 0.25) is 0 Å². The molecule has 0 radical (unpaired) electrons. The number of aliphatic carboxylic acids is 1. The lowest BCUT2D eigenvalue weighted by Crippen LogP contribution is -2.11. The van der Waals surface area contributed by atoms with Gasteiger partial charge in [-0.3, -0.25) is 9.59 Å². The number of hydrogen-bond donors (Lipinski definition) is 1. The molecule has 0 aliphatic carbocycles. The average molecular weight is 248 g/mol. The van der Waals surface area contributed by atoms with Crippen LogP contribution in [0.5, 0.6) is 5.75 Å². The van der Waals surface area contributed by atoms with E-state index in [1.54, 1.807) is 0 Å². The molecule has 0 amide bonds. The summed E-state index contributed by atoms with van der Waals surface area (Å²) in [5.74, 6) is -3.45. The Hall–Kier alpha value is -2.05. The normalized spacial score (nSPS) is 10.4. The zero-order valence-electron chi connectivity index (χ0n) is 8.32. The number of ether oxygens (including phenoxy) is 1. The number of aldehydes is 1. The molecular weight excluding hydrogens is 241 g/mol. The second-order valence-corrected chi connectivity index (χ2v) is 3.01. The van der Waals surface area contributed by atoms with Gasteiger partial charge in [-0.2, -0.15) is 8.78 Å². The van der Waals surface area contributed by atoms with Gasteiger partial charge in [-0.1, -0.05) is 0 Å². The van der Waals surface area contributed by atoms with E-state index in [1.165, 1.54) is 0 Å². The standard InChI is InChI=1S/C10H7F3O4/c11-7-2-1-5(4-14)6(3-8(15)16)9(7)17-10(12)13/h1-2,4,10H,3H2,(H,15,16). The third kappa shape index (κ3) is 3.20. The summed E-state index contributed by atoms with van der Waals surface area (Å²) in [5.41, 5.74) is -0.614. The number of carboxylic acids is 1. The third-order valence-electron chi connectivity index (χ3n) is 1.91. The molecule has 7 heteroatoms. The third-order valence-corrected chi connectivity index (χ3v) is 1.91. The van der Waals surface area contributed by atoms with Crippen LogP contribution in [-0.4, -0.2) is 24.0 Å². The molecule has 0 saturated heterocycles. The van der Waals surface area contributed by atoms with Crippen LogP contribution in [-0.2, 0) is 11.2 Å². The molecule has 0 aliphatic rings. The Balaban J connectivity index is 3.30. The topological polar surface area (TPSA) is 63.6 Å². The van der Waals surface area contributed by atoms with Crippen molar-refractivity contribution >= 4 is 12.3 Å². The van der Waals surface area contributed by atoms with Gasteiger partial charge >= 0.3 is 12.6 Å². The van der Waals surface area contributed by atoms with E-state index in [4.69, 9.17) is 5.11 Å². The van der Waals surface area contributed by atoms with E-state index in [0.29, 0.717) is 0 Å². The van der Waals surface area contributed by atoms with Crippen LogP contribution in [0, 0.1) is 5.82 Å². The molecule has 1 aromatic carbocycles. The summed E-state index contributed by atoms with van der Waals surface area (Å²) < 4.78 is 41.2. The van der Waals surface area contributed by atoms with Crippen molar-refractivity contribution in [2.75, 3.05) is 0 Å². The van der Waals surface area contributed by atoms with E-state index >= 15 is 0 Å². The van der Waals surface area contributed by atoms with Crippen molar-refractivity contribution in [3.05, 3.63) is 29.1 Å². The number of halogens is 3. The highest BCUT2D eigenvalue weighted by atomic mass is 19.3. The number of carbonyl (C=O) groups is 2. The van der Waals surface area contributed by atoms with Crippen LogP contribution in [0.25, 0.3) is 0 Å². The lowest BCUT2D eigenvalue weighted by molar-refractivity contribution is -0.136. The van der Waals surface area contributed by atoms with Gasteiger partial charge in [-0.05, 0) is 12.1 Å². The van der Waals surface area contributed by atoms with Gasteiger partial charge in [0.25, 0.3) is 0 Å². The van der Waals surface area contributed by atoms with Gasteiger partial charge in [0.15, 0.2) is 11.6 Å². The van der Waals surface area contributed by atoms with Gasteiger partial charge in [-0.15, -0.1) is 0 Å². The minimum atomic E-state index is -3.31. The van der Waals surface area contributed by atoms with Gasteiger partial charge in [0.2, 0.25) is 0 Å². The summed E-state index contributed by atoms with van der Waals surface area (Å²) in [6, 6.07) is 1.76. The van der Waals surface area contributed by atoms with Gasteiger partial charge in [0.05, 0.1) is 6.42 Å². The maximum absolute atomic E-state index is 13.2. The molecule has 0 fully saturated rings. The zero-order valence-corrected chi connectivity index (χ0v) is 8.32. The van der Waals surface area contributed by atoms with Crippen molar-refractivity contribution in [1.82, 2.24) is 0 Å². The second-order valence-electron chi connectivity index (χ2n) is 3.01. The number of carbonyl (C=O) groups excluding carboxylic acids is 1. The Bertz CT molecular complexity index is 445. The van der Waals surface area contributed by atoms with Crippen LogP contribution in [0.1, 0.15) is 15.9 Å². The lowest BCUT2D eigenvalue weighted by atomic mass is 10.0. The first-order valence-corrected chi connectivity index (χ1v) is 4.39. The number of alkyl halides is 2. The molecule has 4 nitrogen and oxygen atoms in total. The summed E-state index contributed by atoms with van der Waals surface area (Å²) in [5, 5.41) is 8.55. The van der Waals surface area contributed by atoms with E-state index in [9.17, 15) is 22.8 Å². The van der Waals surface area contributed by atoms with Crippen molar-refractivity contribution in [1.29, 1.82) is 0 Å². The Morgan fingerprint density at radius 2 is 2.12 bits per heavy atom. The molecule has 0 heterocycles. The van der Waals surface area contributed by atoms with Crippen molar-refractivity contribution < 1.29 is 32.6 Å². The Morgan fingerprint density at radius 3 is 2.59 bits per heavy atom. The molecule has 0 unspecified atom stereocenters. The first-order chi connectivity index (χ1) is 7.95. The number of benzene rings is 1. The molecule has 17 heavy (non-hydrogen) atoms. The molecular formula is C10H7F3O4. The predicted octanol–water partition coefficient (Wildman–Crippen LogP) is 1.87. The average Bonchev–Trinajstić information content (AvgIpc) is 2.22. The van der Waals surface area contributed by atoms with Crippen LogP contribution in [0.4, 0.5) is 13.2 Å². The number of hydrogen-bond acceptors (Lipinski definition) is 3. The minimum absolute atomic E-state index is 0.204. The summed E-state index contributed by atoms with van der Waals surface area (Å²) in [4.78, 5) is 21.1. The molecule has 0 aliphatic heterocycles. The molecule has 0 aromatic heterocycles. The maximum Gasteiger partial charge on any atom is 0.387 e. The molecule has 0 atom stereocenters.